The Morgan fingerprint density at radius 1 is 1.04 bits per heavy atom. The van der Waals surface area contributed by atoms with Gasteiger partial charge in [-0.3, -0.25) is 9.59 Å². The van der Waals surface area contributed by atoms with Crippen LogP contribution in [-0.2, 0) is 14.3 Å². The van der Waals surface area contributed by atoms with Crippen molar-refractivity contribution in [2.75, 3.05) is 13.7 Å². The van der Waals surface area contributed by atoms with Gasteiger partial charge in [0.25, 0.3) is 0 Å². The number of ether oxygens (including phenoxy) is 3. The van der Waals surface area contributed by atoms with E-state index in [1.807, 2.05) is 0 Å². The predicted octanol–water partition coefficient (Wildman–Crippen LogP) is 4.14. The summed E-state index contributed by atoms with van der Waals surface area (Å²) in [6.07, 6.45) is 4.35. The molecule has 0 heterocycles. The fourth-order valence-corrected chi connectivity index (χ4v) is 2.26. The number of methoxy groups -OCH3 is 1. The lowest BCUT2D eigenvalue weighted by molar-refractivity contribution is -0.148. The molecule has 5 nitrogen and oxygen atoms in total. The minimum atomic E-state index is -0.477. The largest absolute Gasteiger partial charge is 0.493 e. The summed E-state index contributed by atoms with van der Waals surface area (Å²) in [5.41, 5.74) is 0. The van der Waals surface area contributed by atoms with E-state index in [-0.39, 0.29) is 18.8 Å². The number of rotatable bonds is 11. The van der Waals surface area contributed by atoms with Gasteiger partial charge in [-0.05, 0) is 24.5 Å². The first-order valence-corrected chi connectivity index (χ1v) is 8.60. The van der Waals surface area contributed by atoms with Crippen molar-refractivity contribution in [1.29, 1.82) is 0 Å². The average molecular weight is 336 g/mol. The minimum Gasteiger partial charge on any atom is -0.493 e. The van der Waals surface area contributed by atoms with E-state index in [1.165, 1.54) is 7.11 Å². The molecule has 1 atom stereocenters. The number of benzene rings is 1. The summed E-state index contributed by atoms with van der Waals surface area (Å²) in [5, 5.41) is 0. The molecular formula is C19H28O5. The molecule has 0 aromatic heterocycles. The first kappa shape index (κ1) is 20.0. The third kappa shape index (κ3) is 7.49. The van der Waals surface area contributed by atoms with Crippen LogP contribution >= 0.6 is 0 Å². The first-order valence-electron chi connectivity index (χ1n) is 8.60. The van der Waals surface area contributed by atoms with Crippen molar-refractivity contribution < 1.29 is 23.8 Å². The molecule has 1 aromatic rings. The molecule has 1 unspecified atom stereocenters. The van der Waals surface area contributed by atoms with Crippen LogP contribution in [0.3, 0.4) is 0 Å². The average Bonchev–Trinajstić information content (AvgIpc) is 2.60. The summed E-state index contributed by atoms with van der Waals surface area (Å²) in [4.78, 5) is 23.6. The van der Waals surface area contributed by atoms with Gasteiger partial charge in [0, 0.05) is 0 Å². The maximum absolute atomic E-state index is 11.8. The van der Waals surface area contributed by atoms with Crippen LogP contribution in [0.4, 0.5) is 0 Å². The second-order valence-electron chi connectivity index (χ2n) is 5.72. The van der Waals surface area contributed by atoms with Crippen molar-refractivity contribution in [2.45, 2.75) is 52.4 Å². The highest BCUT2D eigenvalue weighted by Crippen LogP contribution is 2.26. The van der Waals surface area contributed by atoms with Crippen molar-refractivity contribution in [3.8, 4) is 11.5 Å². The lowest BCUT2D eigenvalue weighted by Gasteiger charge is -2.14. The van der Waals surface area contributed by atoms with Crippen molar-refractivity contribution in [3.05, 3.63) is 24.3 Å². The number of hydrogen-bond acceptors (Lipinski definition) is 5. The second-order valence-corrected chi connectivity index (χ2v) is 5.72. The molecule has 0 saturated carbocycles. The number of hydrogen-bond donors (Lipinski definition) is 0. The minimum absolute atomic E-state index is 0.0113. The molecule has 0 radical (unpaired) electrons. The lowest BCUT2D eigenvalue weighted by atomic mass is 10.0. The van der Waals surface area contributed by atoms with Crippen LogP contribution in [0.5, 0.6) is 11.5 Å². The Kier molecular flexibility index (Phi) is 9.58. The van der Waals surface area contributed by atoms with Gasteiger partial charge in [0.15, 0.2) is 11.5 Å². The third-order valence-corrected chi connectivity index (χ3v) is 3.85. The molecule has 0 saturated heterocycles. The zero-order valence-corrected chi connectivity index (χ0v) is 14.9. The van der Waals surface area contributed by atoms with E-state index in [0.29, 0.717) is 24.0 Å². The fourth-order valence-electron chi connectivity index (χ4n) is 2.26. The van der Waals surface area contributed by atoms with E-state index in [2.05, 4.69) is 13.8 Å². The summed E-state index contributed by atoms with van der Waals surface area (Å²) in [7, 11) is 1.51. The molecule has 0 fully saturated rings. The first-order chi connectivity index (χ1) is 11.6. The van der Waals surface area contributed by atoms with E-state index in [4.69, 9.17) is 14.2 Å². The van der Waals surface area contributed by atoms with E-state index in [9.17, 15) is 9.59 Å². The maximum atomic E-state index is 11.8. The smallest absolute Gasteiger partial charge is 0.311 e. The van der Waals surface area contributed by atoms with Crippen molar-refractivity contribution in [3.63, 3.8) is 0 Å². The Morgan fingerprint density at radius 2 is 1.71 bits per heavy atom. The van der Waals surface area contributed by atoms with Gasteiger partial charge in [-0.1, -0.05) is 45.2 Å². The van der Waals surface area contributed by atoms with Crippen LogP contribution in [0.25, 0.3) is 0 Å². The van der Waals surface area contributed by atoms with Crippen LogP contribution in [0.15, 0.2) is 24.3 Å². The number of unbranched alkanes of at least 4 members (excludes halogenated alkanes) is 1. The molecule has 24 heavy (non-hydrogen) atoms. The standard InChI is InChI=1S/C19H28O5/c1-4-6-9-15(5-2)14-23-18(20)12-13-19(21)24-17-11-8-7-10-16(17)22-3/h7-8,10-11,15H,4-6,9,12-14H2,1-3H3. The Bertz CT molecular complexity index is 512. The fraction of sp³-hybridized carbons (Fsp3) is 0.579. The van der Waals surface area contributed by atoms with E-state index >= 15 is 0 Å². The van der Waals surface area contributed by atoms with E-state index in [1.54, 1.807) is 24.3 Å². The molecule has 0 aliphatic carbocycles. The van der Waals surface area contributed by atoms with Gasteiger partial charge in [0.2, 0.25) is 0 Å². The highest BCUT2D eigenvalue weighted by Gasteiger charge is 2.14. The molecule has 0 aliphatic heterocycles. The Balaban J connectivity index is 2.32. The summed E-state index contributed by atoms with van der Waals surface area (Å²) in [6, 6.07) is 6.89. The monoisotopic (exact) mass is 336 g/mol. The highest BCUT2D eigenvalue weighted by molar-refractivity contribution is 5.79. The van der Waals surface area contributed by atoms with Gasteiger partial charge in [0.05, 0.1) is 26.6 Å². The molecule has 134 valence electrons. The van der Waals surface area contributed by atoms with E-state index < -0.39 is 5.97 Å². The molecule has 0 amide bonds. The summed E-state index contributed by atoms with van der Waals surface area (Å²) in [5.74, 6) is 0.393. The molecule has 1 rings (SSSR count). The van der Waals surface area contributed by atoms with Crippen LogP contribution in [-0.4, -0.2) is 25.7 Å². The van der Waals surface area contributed by atoms with Gasteiger partial charge < -0.3 is 14.2 Å². The Morgan fingerprint density at radius 3 is 2.33 bits per heavy atom. The zero-order chi connectivity index (χ0) is 17.8. The molecule has 0 spiro atoms. The van der Waals surface area contributed by atoms with Gasteiger partial charge in [-0.25, -0.2) is 0 Å². The molecule has 5 heteroatoms. The lowest BCUT2D eigenvalue weighted by Crippen LogP contribution is -2.16. The third-order valence-electron chi connectivity index (χ3n) is 3.85. The molecule has 1 aromatic carbocycles. The van der Waals surface area contributed by atoms with Gasteiger partial charge >= 0.3 is 11.9 Å². The van der Waals surface area contributed by atoms with Gasteiger partial charge in [0.1, 0.15) is 0 Å². The number of para-hydroxylation sites is 2. The van der Waals surface area contributed by atoms with Crippen LogP contribution in [0.1, 0.15) is 52.4 Å². The second kappa shape index (κ2) is 11.5. The van der Waals surface area contributed by atoms with Crippen molar-refractivity contribution >= 4 is 11.9 Å². The quantitative estimate of drug-likeness (QED) is 0.449. The topological polar surface area (TPSA) is 61.8 Å². The molecule has 0 bridgehead atoms. The molecular weight excluding hydrogens is 308 g/mol. The van der Waals surface area contributed by atoms with Crippen LogP contribution < -0.4 is 9.47 Å². The van der Waals surface area contributed by atoms with Crippen molar-refractivity contribution in [1.82, 2.24) is 0 Å². The zero-order valence-electron chi connectivity index (χ0n) is 14.9. The SMILES string of the molecule is CCCCC(CC)COC(=O)CCC(=O)Oc1ccccc1OC. The summed E-state index contributed by atoms with van der Waals surface area (Å²) < 4.78 is 15.6. The van der Waals surface area contributed by atoms with E-state index in [0.717, 1.165) is 25.7 Å². The summed E-state index contributed by atoms with van der Waals surface area (Å²) in [6.45, 7) is 4.67. The van der Waals surface area contributed by atoms with Crippen LogP contribution in [0.2, 0.25) is 0 Å². The molecule has 0 N–H and O–H groups in total. The van der Waals surface area contributed by atoms with Gasteiger partial charge in [-0.15, -0.1) is 0 Å². The highest BCUT2D eigenvalue weighted by atomic mass is 16.6. The van der Waals surface area contributed by atoms with Crippen molar-refractivity contribution in [2.24, 2.45) is 5.92 Å². The Labute approximate surface area is 144 Å². The normalized spacial score (nSPS) is 11.6. The number of carbonyl (C=O) groups excluding carboxylic acids is 2. The summed E-state index contributed by atoms with van der Waals surface area (Å²) >= 11 is 0. The molecule has 0 aliphatic rings. The maximum Gasteiger partial charge on any atom is 0.311 e. The number of carbonyl (C=O) groups is 2. The van der Waals surface area contributed by atoms with Gasteiger partial charge in [-0.2, -0.15) is 0 Å². The Hall–Kier alpha value is -2.04. The number of esters is 2. The predicted molar refractivity (Wildman–Crippen MR) is 92.1 cm³/mol. The van der Waals surface area contributed by atoms with Crippen LogP contribution in [0, 0.1) is 5.92 Å².